The molecule has 9 atom stereocenters. The summed E-state index contributed by atoms with van der Waals surface area (Å²) in [5.41, 5.74) is -3.73. The smallest absolute Gasteiger partial charge is 0.309 e. The number of esters is 1. The second-order valence-electron chi connectivity index (χ2n) is 10.2. The van der Waals surface area contributed by atoms with Crippen LogP contribution >= 0.6 is 0 Å². The fourth-order valence-corrected chi connectivity index (χ4v) is 7.62. The second kappa shape index (κ2) is 5.45. The molecule has 2 bridgehead atoms. The molecule has 7 nitrogen and oxygen atoms in total. The van der Waals surface area contributed by atoms with Crippen LogP contribution in [-0.4, -0.2) is 56.3 Å². The van der Waals surface area contributed by atoms with Crippen molar-refractivity contribution in [3.8, 4) is 0 Å². The number of fused-ring (bicyclic) bond motifs is 3. The van der Waals surface area contributed by atoms with Gasteiger partial charge in [0.1, 0.15) is 5.60 Å². The molecular formula is C20H30O7. The fraction of sp³-hybridized carbons (Fsp3) is 0.900. The van der Waals surface area contributed by atoms with E-state index in [2.05, 4.69) is 0 Å². The Bertz CT molecular complexity index is 694. The first kappa shape index (κ1) is 19.2. The first-order valence-corrected chi connectivity index (χ1v) is 9.88. The van der Waals surface area contributed by atoms with E-state index in [1.165, 1.54) is 0 Å². The molecule has 3 aliphatic carbocycles. The lowest BCUT2D eigenvalue weighted by molar-refractivity contribution is -0.299. The number of carbonyl (C=O) groups excluding carboxylic acids is 1. The van der Waals surface area contributed by atoms with Crippen LogP contribution in [0.5, 0.6) is 0 Å². The Morgan fingerprint density at radius 3 is 2.44 bits per heavy atom. The number of aliphatic hydroxyl groups is 3. The minimum absolute atomic E-state index is 0.00962. The van der Waals surface area contributed by atoms with Crippen molar-refractivity contribution in [2.75, 3.05) is 0 Å². The number of aliphatic carboxylic acids is 1. The van der Waals surface area contributed by atoms with Crippen molar-refractivity contribution < 1.29 is 34.8 Å². The molecule has 1 saturated heterocycles. The van der Waals surface area contributed by atoms with Crippen LogP contribution in [0, 0.1) is 28.1 Å². The number of hydrogen-bond acceptors (Lipinski definition) is 6. The molecule has 1 aliphatic heterocycles. The molecule has 0 aromatic rings. The molecule has 0 radical (unpaired) electrons. The van der Waals surface area contributed by atoms with Crippen LogP contribution in [0.3, 0.4) is 0 Å². The standard InChI is InChI=1S/C20H30O7/c1-17-7-10(21)15-19(3)11(18(2,16(25)26)5-4-12(19)22)6-13(23)20(15,9-17)8-14(24)27-17/h10-13,15,21-23H,4-9H2,1-3H3,(H,25,26)/t10-,11+,12+,13+,15-,17+,18+,19-,20+/m1/s1. The molecule has 4 N–H and O–H groups in total. The van der Waals surface area contributed by atoms with E-state index in [1.54, 1.807) is 13.8 Å². The summed E-state index contributed by atoms with van der Waals surface area (Å²) in [7, 11) is 0. The maximum atomic E-state index is 12.4. The van der Waals surface area contributed by atoms with E-state index in [-0.39, 0.29) is 19.3 Å². The highest BCUT2D eigenvalue weighted by Crippen LogP contribution is 2.70. The zero-order valence-electron chi connectivity index (χ0n) is 16.1. The molecule has 0 aromatic carbocycles. The van der Waals surface area contributed by atoms with Gasteiger partial charge in [0.2, 0.25) is 0 Å². The first-order valence-electron chi connectivity index (χ1n) is 9.88. The third-order valence-electron chi connectivity index (χ3n) is 8.64. The molecule has 0 amide bonds. The van der Waals surface area contributed by atoms with E-state index in [0.29, 0.717) is 19.3 Å². The zero-order valence-corrected chi connectivity index (χ0v) is 16.1. The lowest BCUT2D eigenvalue weighted by atomic mass is 9.37. The van der Waals surface area contributed by atoms with E-state index in [0.717, 1.165) is 0 Å². The molecule has 152 valence electrons. The number of aliphatic hydroxyl groups excluding tert-OH is 3. The van der Waals surface area contributed by atoms with Crippen molar-refractivity contribution in [1.29, 1.82) is 0 Å². The number of carboxylic acids is 1. The van der Waals surface area contributed by atoms with Crippen molar-refractivity contribution >= 4 is 11.9 Å². The van der Waals surface area contributed by atoms with Gasteiger partial charge in [0, 0.05) is 23.2 Å². The van der Waals surface area contributed by atoms with Crippen molar-refractivity contribution in [3.05, 3.63) is 0 Å². The maximum absolute atomic E-state index is 12.4. The summed E-state index contributed by atoms with van der Waals surface area (Å²) in [6.45, 7) is 5.32. The van der Waals surface area contributed by atoms with Crippen molar-refractivity contribution in [1.82, 2.24) is 0 Å². The molecule has 7 heteroatoms. The predicted octanol–water partition coefficient (Wildman–Crippen LogP) is 1.08. The fourth-order valence-electron chi connectivity index (χ4n) is 7.62. The minimum atomic E-state index is -1.09. The van der Waals surface area contributed by atoms with E-state index in [1.807, 2.05) is 6.92 Å². The van der Waals surface area contributed by atoms with Crippen LogP contribution in [0.2, 0.25) is 0 Å². The minimum Gasteiger partial charge on any atom is -0.481 e. The van der Waals surface area contributed by atoms with Crippen LogP contribution in [0.25, 0.3) is 0 Å². The Kier molecular flexibility index (Phi) is 3.87. The third-order valence-corrected chi connectivity index (χ3v) is 8.64. The summed E-state index contributed by atoms with van der Waals surface area (Å²) in [6, 6.07) is 0. The van der Waals surface area contributed by atoms with Crippen molar-refractivity contribution in [2.45, 2.75) is 83.2 Å². The maximum Gasteiger partial charge on any atom is 0.309 e. The van der Waals surface area contributed by atoms with Crippen molar-refractivity contribution in [3.63, 3.8) is 0 Å². The molecule has 4 fully saturated rings. The van der Waals surface area contributed by atoms with Crippen LogP contribution in [0.1, 0.15) is 59.3 Å². The Morgan fingerprint density at radius 2 is 1.81 bits per heavy atom. The number of ether oxygens (including phenoxy) is 1. The normalized spacial score (nSPS) is 57.3. The average molecular weight is 382 g/mol. The highest BCUT2D eigenvalue weighted by Gasteiger charge is 2.73. The van der Waals surface area contributed by atoms with E-state index in [9.17, 15) is 30.0 Å². The largest absolute Gasteiger partial charge is 0.481 e. The number of carboxylic acid groups (broad SMARTS) is 1. The molecule has 0 unspecified atom stereocenters. The van der Waals surface area contributed by atoms with Gasteiger partial charge in [-0.25, -0.2) is 0 Å². The lowest BCUT2D eigenvalue weighted by Crippen LogP contribution is -2.73. The molecule has 3 saturated carbocycles. The van der Waals surface area contributed by atoms with E-state index in [4.69, 9.17) is 4.74 Å². The molecular weight excluding hydrogens is 352 g/mol. The summed E-state index contributed by atoms with van der Waals surface area (Å²) in [4.78, 5) is 24.5. The molecule has 1 heterocycles. The van der Waals surface area contributed by atoms with Gasteiger partial charge in [0.05, 0.1) is 30.1 Å². The monoisotopic (exact) mass is 382 g/mol. The SMILES string of the molecule is C[C@@]12C[C@@H](O)[C@H]3[C@@](CC(=O)O1)(C2)[C@@H](O)C[C@@H]1[C@]3(C)[C@@H](O)CC[C@]1(C)C(=O)O. The molecule has 1 spiro atoms. The Balaban J connectivity index is 1.89. The molecule has 27 heavy (non-hydrogen) atoms. The van der Waals surface area contributed by atoms with Crippen molar-refractivity contribution in [2.24, 2.45) is 28.1 Å². The number of rotatable bonds is 1. The Labute approximate surface area is 158 Å². The summed E-state index contributed by atoms with van der Waals surface area (Å²) in [5.74, 6) is -2.39. The van der Waals surface area contributed by atoms with Crippen LogP contribution < -0.4 is 0 Å². The van der Waals surface area contributed by atoms with Gasteiger partial charge in [-0.1, -0.05) is 6.92 Å². The van der Waals surface area contributed by atoms with Gasteiger partial charge in [-0.15, -0.1) is 0 Å². The quantitative estimate of drug-likeness (QED) is 0.500. The number of carbonyl (C=O) groups is 2. The Hall–Kier alpha value is -1.18. The summed E-state index contributed by atoms with van der Waals surface area (Å²) in [6.07, 6.45) is -1.10. The van der Waals surface area contributed by atoms with Gasteiger partial charge in [-0.05, 0) is 45.4 Å². The summed E-state index contributed by atoms with van der Waals surface area (Å²) in [5, 5.41) is 43.3. The van der Waals surface area contributed by atoms with Gasteiger partial charge in [0.25, 0.3) is 0 Å². The topological polar surface area (TPSA) is 124 Å². The third kappa shape index (κ3) is 2.25. The average Bonchev–Trinajstić information content (AvgIpc) is 2.52. The van der Waals surface area contributed by atoms with Crippen LogP contribution in [0.15, 0.2) is 0 Å². The number of hydrogen-bond donors (Lipinski definition) is 4. The van der Waals surface area contributed by atoms with Crippen LogP contribution in [-0.2, 0) is 14.3 Å². The molecule has 4 aliphatic rings. The highest BCUT2D eigenvalue weighted by molar-refractivity contribution is 5.75. The summed E-state index contributed by atoms with van der Waals surface area (Å²) < 4.78 is 5.52. The van der Waals surface area contributed by atoms with E-state index >= 15 is 0 Å². The van der Waals surface area contributed by atoms with Gasteiger partial charge >= 0.3 is 11.9 Å². The second-order valence-corrected chi connectivity index (χ2v) is 10.2. The van der Waals surface area contributed by atoms with Gasteiger partial charge in [-0.3, -0.25) is 9.59 Å². The Morgan fingerprint density at radius 1 is 1.15 bits per heavy atom. The van der Waals surface area contributed by atoms with E-state index < -0.39 is 63.9 Å². The van der Waals surface area contributed by atoms with Gasteiger partial charge in [-0.2, -0.15) is 0 Å². The molecule has 0 aromatic heterocycles. The zero-order chi connectivity index (χ0) is 20.0. The predicted molar refractivity (Wildman–Crippen MR) is 93.5 cm³/mol. The highest BCUT2D eigenvalue weighted by atomic mass is 16.6. The van der Waals surface area contributed by atoms with Gasteiger partial charge in [0.15, 0.2) is 0 Å². The summed E-state index contributed by atoms with van der Waals surface area (Å²) >= 11 is 0. The first-order chi connectivity index (χ1) is 12.4. The lowest BCUT2D eigenvalue weighted by Gasteiger charge is -2.70. The molecule has 4 rings (SSSR count). The van der Waals surface area contributed by atoms with Crippen LogP contribution in [0.4, 0.5) is 0 Å². The van der Waals surface area contributed by atoms with Gasteiger partial charge < -0.3 is 25.2 Å².